The fraction of sp³-hybridized carbons (Fsp3) is 0.818. The van der Waals surface area contributed by atoms with E-state index >= 15 is 0 Å². The van der Waals surface area contributed by atoms with Crippen LogP contribution in [0.3, 0.4) is 0 Å². The first-order chi connectivity index (χ1) is 7.49. The monoisotopic (exact) mass is 228 g/mol. The Bertz CT molecular complexity index is 264. The summed E-state index contributed by atoms with van der Waals surface area (Å²) < 4.78 is 0. The minimum atomic E-state index is -0.832. The number of urea groups is 1. The molecule has 1 fully saturated rings. The lowest BCUT2D eigenvalue weighted by Gasteiger charge is -2.15. The number of amides is 2. The second kappa shape index (κ2) is 5.72. The zero-order chi connectivity index (χ0) is 12.1. The molecule has 2 amide bonds. The number of hydrogen-bond donors (Lipinski definition) is 3. The average molecular weight is 228 g/mol. The number of carbonyl (C=O) groups is 2. The number of rotatable bonds is 6. The van der Waals surface area contributed by atoms with Crippen molar-refractivity contribution in [3.05, 3.63) is 0 Å². The van der Waals surface area contributed by atoms with E-state index in [0.717, 1.165) is 0 Å². The van der Waals surface area contributed by atoms with Crippen LogP contribution < -0.4 is 10.6 Å². The molecule has 0 heterocycles. The van der Waals surface area contributed by atoms with Gasteiger partial charge in [-0.1, -0.05) is 6.92 Å². The highest BCUT2D eigenvalue weighted by Crippen LogP contribution is 2.32. The summed E-state index contributed by atoms with van der Waals surface area (Å²) in [6.45, 7) is 4.20. The summed E-state index contributed by atoms with van der Waals surface area (Å²) in [7, 11) is 0. The lowest BCUT2D eigenvalue weighted by atomic mass is 10.1. The van der Waals surface area contributed by atoms with Crippen LogP contribution in [0, 0.1) is 11.8 Å². The van der Waals surface area contributed by atoms with Crippen molar-refractivity contribution in [2.24, 2.45) is 11.8 Å². The number of aliphatic carboxylic acids is 1. The van der Waals surface area contributed by atoms with E-state index < -0.39 is 5.97 Å². The largest absolute Gasteiger partial charge is 0.481 e. The van der Waals surface area contributed by atoms with E-state index in [1.807, 2.05) is 6.92 Å². The quantitative estimate of drug-likeness (QED) is 0.639. The molecule has 3 N–H and O–H groups in total. The first-order valence-electron chi connectivity index (χ1n) is 5.75. The molecule has 16 heavy (non-hydrogen) atoms. The van der Waals surface area contributed by atoms with E-state index in [2.05, 4.69) is 10.6 Å². The minimum absolute atomic E-state index is 0.0421. The van der Waals surface area contributed by atoms with Gasteiger partial charge in [0.05, 0.1) is 0 Å². The number of carboxylic acid groups (broad SMARTS) is 1. The SMILES string of the molecule is CC(CNC(=O)NC(C)C1CC1)CC(=O)O. The predicted molar refractivity (Wildman–Crippen MR) is 60.1 cm³/mol. The lowest BCUT2D eigenvalue weighted by Crippen LogP contribution is -2.43. The minimum Gasteiger partial charge on any atom is -0.481 e. The van der Waals surface area contributed by atoms with Crippen molar-refractivity contribution < 1.29 is 14.7 Å². The summed E-state index contributed by atoms with van der Waals surface area (Å²) in [4.78, 5) is 21.8. The molecule has 0 aromatic heterocycles. The molecule has 2 atom stereocenters. The molecule has 1 rings (SSSR count). The van der Waals surface area contributed by atoms with Crippen LogP contribution in [-0.2, 0) is 4.79 Å². The smallest absolute Gasteiger partial charge is 0.315 e. The Kier molecular flexibility index (Phi) is 4.58. The normalized spacial score (nSPS) is 18.6. The van der Waals surface area contributed by atoms with E-state index in [9.17, 15) is 9.59 Å². The van der Waals surface area contributed by atoms with Crippen LogP contribution in [0.4, 0.5) is 4.79 Å². The van der Waals surface area contributed by atoms with Crippen LogP contribution in [0.5, 0.6) is 0 Å². The van der Waals surface area contributed by atoms with E-state index in [4.69, 9.17) is 5.11 Å². The Labute approximate surface area is 95.6 Å². The van der Waals surface area contributed by atoms with Gasteiger partial charge in [0.25, 0.3) is 0 Å². The van der Waals surface area contributed by atoms with Crippen molar-refractivity contribution >= 4 is 12.0 Å². The maximum atomic E-state index is 11.4. The standard InChI is InChI=1S/C11H20N2O3/c1-7(5-10(14)15)6-12-11(16)13-8(2)9-3-4-9/h7-9H,3-6H2,1-2H3,(H,14,15)(H2,12,13,16). The van der Waals surface area contributed by atoms with Gasteiger partial charge in [-0.05, 0) is 31.6 Å². The molecule has 0 bridgehead atoms. The molecule has 1 aliphatic rings. The van der Waals surface area contributed by atoms with Gasteiger partial charge in [-0.25, -0.2) is 4.79 Å². The fourth-order valence-corrected chi connectivity index (χ4v) is 1.61. The second-order valence-electron chi connectivity index (χ2n) is 4.68. The molecular weight excluding hydrogens is 208 g/mol. The Morgan fingerprint density at radius 3 is 2.50 bits per heavy atom. The molecule has 5 nitrogen and oxygen atoms in total. The van der Waals surface area contributed by atoms with Crippen molar-refractivity contribution in [2.75, 3.05) is 6.54 Å². The second-order valence-corrected chi connectivity index (χ2v) is 4.68. The number of hydrogen-bond acceptors (Lipinski definition) is 2. The topological polar surface area (TPSA) is 78.4 Å². The van der Waals surface area contributed by atoms with E-state index in [0.29, 0.717) is 12.5 Å². The Hall–Kier alpha value is -1.26. The summed E-state index contributed by atoms with van der Waals surface area (Å²) in [5, 5.41) is 14.1. The first-order valence-corrected chi connectivity index (χ1v) is 5.75. The van der Waals surface area contributed by atoms with Gasteiger partial charge in [0.1, 0.15) is 0 Å². The average Bonchev–Trinajstić information content (AvgIpc) is 2.96. The molecule has 0 saturated heterocycles. The number of carboxylic acids is 1. The lowest BCUT2D eigenvalue weighted by molar-refractivity contribution is -0.137. The molecule has 0 spiro atoms. The summed E-state index contributed by atoms with van der Waals surface area (Å²) >= 11 is 0. The van der Waals surface area contributed by atoms with Crippen molar-refractivity contribution in [3.63, 3.8) is 0 Å². The zero-order valence-electron chi connectivity index (χ0n) is 9.82. The third-order valence-electron chi connectivity index (χ3n) is 2.82. The van der Waals surface area contributed by atoms with Crippen molar-refractivity contribution in [2.45, 2.75) is 39.2 Å². The highest BCUT2D eigenvalue weighted by atomic mass is 16.4. The Morgan fingerprint density at radius 2 is 2.00 bits per heavy atom. The molecule has 5 heteroatoms. The summed E-state index contributed by atoms with van der Waals surface area (Å²) in [6, 6.07) is 0.0198. The molecule has 1 saturated carbocycles. The molecule has 0 radical (unpaired) electrons. The van der Waals surface area contributed by atoms with E-state index in [1.165, 1.54) is 12.8 Å². The van der Waals surface area contributed by atoms with Gasteiger partial charge in [0, 0.05) is 19.0 Å². The molecule has 2 unspecified atom stereocenters. The molecule has 1 aliphatic carbocycles. The van der Waals surface area contributed by atoms with Crippen LogP contribution in [0.25, 0.3) is 0 Å². The van der Waals surface area contributed by atoms with Gasteiger partial charge >= 0.3 is 12.0 Å². The third kappa shape index (κ3) is 5.00. The van der Waals surface area contributed by atoms with Crippen LogP contribution in [-0.4, -0.2) is 29.7 Å². The highest BCUT2D eigenvalue weighted by molar-refractivity contribution is 5.74. The van der Waals surface area contributed by atoms with Crippen molar-refractivity contribution in [3.8, 4) is 0 Å². The molecule has 0 aromatic rings. The highest BCUT2D eigenvalue weighted by Gasteiger charge is 2.28. The van der Waals surface area contributed by atoms with E-state index in [1.54, 1.807) is 6.92 Å². The van der Waals surface area contributed by atoms with Crippen molar-refractivity contribution in [1.29, 1.82) is 0 Å². The third-order valence-corrected chi connectivity index (χ3v) is 2.82. The fourth-order valence-electron chi connectivity index (χ4n) is 1.61. The summed E-state index contributed by atoms with van der Waals surface area (Å²) in [5.74, 6) is -0.247. The van der Waals surface area contributed by atoms with E-state index in [-0.39, 0.29) is 24.4 Å². The molecular formula is C11H20N2O3. The van der Waals surface area contributed by atoms with Crippen molar-refractivity contribution in [1.82, 2.24) is 10.6 Å². The van der Waals surface area contributed by atoms with Crippen LogP contribution >= 0.6 is 0 Å². The summed E-state index contributed by atoms with van der Waals surface area (Å²) in [5.41, 5.74) is 0. The van der Waals surface area contributed by atoms with Gasteiger partial charge in [-0.15, -0.1) is 0 Å². The maximum absolute atomic E-state index is 11.4. The maximum Gasteiger partial charge on any atom is 0.315 e. The van der Waals surface area contributed by atoms with Crippen LogP contribution in [0.1, 0.15) is 33.1 Å². The molecule has 0 aromatic carbocycles. The molecule has 92 valence electrons. The van der Waals surface area contributed by atoms with Gasteiger partial charge in [-0.3, -0.25) is 4.79 Å². The van der Waals surface area contributed by atoms with Gasteiger partial charge in [0.15, 0.2) is 0 Å². The molecule has 0 aliphatic heterocycles. The number of carbonyl (C=O) groups excluding carboxylic acids is 1. The van der Waals surface area contributed by atoms with Crippen LogP contribution in [0.2, 0.25) is 0 Å². The summed E-state index contributed by atoms with van der Waals surface area (Å²) in [6.07, 6.45) is 2.46. The van der Waals surface area contributed by atoms with Gasteiger partial charge < -0.3 is 15.7 Å². The van der Waals surface area contributed by atoms with Crippen LogP contribution in [0.15, 0.2) is 0 Å². The predicted octanol–water partition coefficient (Wildman–Crippen LogP) is 1.19. The van der Waals surface area contributed by atoms with Gasteiger partial charge in [0.2, 0.25) is 0 Å². The zero-order valence-corrected chi connectivity index (χ0v) is 9.82. The number of nitrogens with one attached hydrogen (secondary N) is 2. The Morgan fingerprint density at radius 1 is 1.38 bits per heavy atom. The van der Waals surface area contributed by atoms with Gasteiger partial charge in [-0.2, -0.15) is 0 Å². The first kappa shape index (κ1) is 12.8. The Balaban J connectivity index is 2.11.